The van der Waals surface area contributed by atoms with E-state index in [4.69, 9.17) is 5.73 Å². The molecule has 1 saturated heterocycles. The van der Waals surface area contributed by atoms with Crippen molar-refractivity contribution in [3.8, 4) is 0 Å². The van der Waals surface area contributed by atoms with Crippen molar-refractivity contribution in [1.82, 2.24) is 4.90 Å². The monoisotopic (exact) mass is 200 g/mol. The van der Waals surface area contributed by atoms with Crippen LogP contribution >= 0.6 is 0 Å². The Labute approximate surface area is 87.3 Å². The Morgan fingerprint density at radius 2 is 1.71 bits per heavy atom. The van der Waals surface area contributed by atoms with E-state index in [1.165, 1.54) is 0 Å². The molecule has 1 fully saturated rings. The number of rotatable bonds is 1. The predicted octanol–water partition coefficient (Wildman–Crippen LogP) is 0.959. The molecule has 1 heterocycles. The normalized spacial score (nSPS) is 26.1. The number of nitrogens with two attached hydrogens (primary N) is 1. The second kappa shape index (κ2) is 3.80. The van der Waals surface area contributed by atoms with Crippen LogP contribution in [0.25, 0.3) is 0 Å². The van der Waals surface area contributed by atoms with Crippen LogP contribution in [0.2, 0.25) is 0 Å². The molecule has 1 aliphatic heterocycles. The average Bonchev–Trinajstić information content (AvgIpc) is 2.03. The SMILES string of the molecule is C[C@@H](N)C1(O)CCN(C(C)(C)C)CC1. The van der Waals surface area contributed by atoms with Crippen molar-refractivity contribution in [1.29, 1.82) is 0 Å². The van der Waals surface area contributed by atoms with E-state index in [0.717, 1.165) is 25.9 Å². The first-order chi connectivity index (χ1) is 6.26. The van der Waals surface area contributed by atoms with Crippen molar-refractivity contribution in [2.75, 3.05) is 13.1 Å². The molecular weight excluding hydrogens is 176 g/mol. The summed E-state index contributed by atoms with van der Waals surface area (Å²) in [6, 6.07) is -0.121. The zero-order valence-corrected chi connectivity index (χ0v) is 9.88. The van der Waals surface area contributed by atoms with Crippen LogP contribution in [0.5, 0.6) is 0 Å². The van der Waals surface area contributed by atoms with Crippen LogP contribution in [0.15, 0.2) is 0 Å². The molecule has 84 valence electrons. The number of hydrogen-bond donors (Lipinski definition) is 2. The summed E-state index contributed by atoms with van der Waals surface area (Å²) in [4.78, 5) is 2.41. The molecule has 0 aromatic carbocycles. The average molecular weight is 200 g/mol. The number of likely N-dealkylation sites (tertiary alicyclic amines) is 1. The van der Waals surface area contributed by atoms with Gasteiger partial charge in [-0.2, -0.15) is 0 Å². The minimum atomic E-state index is -0.637. The highest BCUT2D eigenvalue weighted by molar-refractivity contribution is 4.94. The summed E-state index contributed by atoms with van der Waals surface area (Å²) < 4.78 is 0. The summed E-state index contributed by atoms with van der Waals surface area (Å²) in [6.45, 7) is 10.4. The summed E-state index contributed by atoms with van der Waals surface area (Å²) in [5.41, 5.74) is 5.36. The van der Waals surface area contributed by atoms with Gasteiger partial charge in [-0.05, 0) is 40.5 Å². The Balaban J connectivity index is 2.54. The maximum Gasteiger partial charge on any atom is 0.0819 e. The third-order valence-electron chi connectivity index (χ3n) is 3.43. The molecule has 1 atom stereocenters. The van der Waals surface area contributed by atoms with Crippen LogP contribution in [0.3, 0.4) is 0 Å². The fourth-order valence-electron chi connectivity index (χ4n) is 2.02. The van der Waals surface area contributed by atoms with Crippen LogP contribution in [0, 0.1) is 0 Å². The van der Waals surface area contributed by atoms with Crippen molar-refractivity contribution in [3.63, 3.8) is 0 Å². The summed E-state index contributed by atoms with van der Waals surface area (Å²) in [5, 5.41) is 10.2. The lowest BCUT2D eigenvalue weighted by Gasteiger charge is -2.45. The van der Waals surface area contributed by atoms with Gasteiger partial charge in [0.25, 0.3) is 0 Å². The third-order valence-corrected chi connectivity index (χ3v) is 3.43. The number of hydrogen-bond acceptors (Lipinski definition) is 3. The lowest BCUT2D eigenvalue weighted by molar-refractivity contribution is -0.0544. The third kappa shape index (κ3) is 2.47. The molecule has 3 heteroatoms. The van der Waals surface area contributed by atoms with E-state index in [1.54, 1.807) is 0 Å². The molecule has 0 radical (unpaired) electrons. The molecule has 0 spiro atoms. The summed E-state index contributed by atoms with van der Waals surface area (Å²) in [5.74, 6) is 0. The molecule has 0 amide bonds. The van der Waals surface area contributed by atoms with Crippen molar-refractivity contribution in [2.45, 2.75) is 57.7 Å². The molecule has 0 aromatic heterocycles. The van der Waals surface area contributed by atoms with E-state index in [2.05, 4.69) is 25.7 Å². The van der Waals surface area contributed by atoms with Gasteiger partial charge < -0.3 is 10.8 Å². The Morgan fingerprint density at radius 3 is 2.00 bits per heavy atom. The predicted molar refractivity (Wildman–Crippen MR) is 59.2 cm³/mol. The zero-order valence-electron chi connectivity index (χ0n) is 9.88. The largest absolute Gasteiger partial charge is 0.388 e. The smallest absolute Gasteiger partial charge is 0.0819 e. The first-order valence-electron chi connectivity index (χ1n) is 5.49. The van der Waals surface area contributed by atoms with Gasteiger partial charge in [-0.1, -0.05) is 0 Å². The minimum Gasteiger partial charge on any atom is -0.388 e. The van der Waals surface area contributed by atoms with Gasteiger partial charge in [0.2, 0.25) is 0 Å². The second-order valence-corrected chi connectivity index (χ2v) is 5.55. The molecule has 0 bridgehead atoms. The summed E-state index contributed by atoms with van der Waals surface area (Å²) in [6.07, 6.45) is 1.59. The highest BCUT2D eigenvalue weighted by Crippen LogP contribution is 2.28. The van der Waals surface area contributed by atoms with Gasteiger partial charge in [0.1, 0.15) is 0 Å². The van der Waals surface area contributed by atoms with E-state index in [-0.39, 0.29) is 11.6 Å². The quantitative estimate of drug-likeness (QED) is 0.663. The van der Waals surface area contributed by atoms with E-state index in [1.807, 2.05) is 6.92 Å². The highest BCUT2D eigenvalue weighted by atomic mass is 16.3. The number of nitrogens with zero attached hydrogens (tertiary/aromatic N) is 1. The highest BCUT2D eigenvalue weighted by Gasteiger charge is 2.38. The molecule has 1 aliphatic rings. The molecule has 3 nitrogen and oxygen atoms in total. The van der Waals surface area contributed by atoms with Gasteiger partial charge in [0.15, 0.2) is 0 Å². The summed E-state index contributed by atoms with van der Waals surface area (Å²) >= 11 is 0. The summed E-state index contributed by atoms with van der Waals surface area (Å²) in [7, 11) is 0. The minimum absolute atomic E-state index is 0.121. The first-order valence-corrected chi connectivity index (χ1v) is 5.49. The van der Waals surface area contributed by atoms with Crippen LogP contribution in [0.4, 0.5) is 0 Å². The topological polar surface area (TPSA) is 49.5 Å². The molecule has 0 unspecified atom stereocenters. The Bertz CT molecular complexity index is 188. The van der Waals surface area contributed by atoms with Gasteiger partial charge in [-0.15, -0.1) is 0 Å². The maximum absolute atomic E-state index is 10.2. The molecule has 0 saturated carbocycles. The molecule has 3 N–H and O–H groups in total. The van der Waals surface area contributed by atoms with Crippen LogP contribution in [-0.4, -0.2) is 40.3 Å². The second-order valence-electron chi connectivity index (χ2n) is 5.55. The van der Waals surface area contributed by atoms with Crippen molar-refractivity contribution in [3.05, 3.63) is 0 Å². The van der Waals surface area contributed by atoms with Gasteiger partial charge in [-0.3, -0.25) is 4.90 Å². The van der Waals surface area contributed by atoms with E-state index in [9.17, 15) is 5.11 Å². The van der Waals surface area contributed by atoms with Crippen LogP contribution in [0.1, 0.15) is 40.5 Å². The van der Waals surface area contributed by atoms with Gasteiger partial charge in [0.05, 0.1) is 5.60 Å². The lowest BCUT2D eigenvalue weighted by atomic mass is 9.84. The zero-order chi connectivity index (χ0) is 11.0. The van der Waals surface area contributed by atoms with E-state index in [0.29, 0.717) is 0 Å². The Morgan fingerprint density at radius 1 is 1.29 bits per heavy atom. The Kier molecular flexibility index (Phi) is 3.24. The lowest BCUT2D eigenvalue weighted by Crippen LogP contribution is -2.57. The molecule has 0 aliphatic carbocycles. The molecule has 0 aromatic rings. The van der Waals surface area contributed by atoms with Gasteiger partial charge in [0, 0.05) is 24.7 Å². The fraction of sp³-hybridized carbons (Fsp3) is 1.00. The van der Waals surface area contributed by atoms with Crippen LogP contribution in [-0.2, 0) is 0 Å². The van der Waals surface area contributed by atoms with Crippen LogP contribution < -0.4 is 5.73 Å². The van der Waals surface area contributed by atoms with Gasteiger partial charge in [-0.25, -0.2) is 0 Å². The first kappa shape index (κ1) is 12.0. The Hall–Kier alpha value is -0.120. The number of aliphatic hydroxyl groups is 1. The van der Waals surface area contributed by atoms with E-state index >= 15 is 0 Å². The van der Waals surface area contributed by atoms with Crippen molar-refractivity contribution in [2.24, 2.45) is 5.73 Å². The standard InChI is InChI=1S/C11H24N2O/c1-9(12)11(14)5-7-13(8-6-11)10(2,3)4/h9,14H,5-8,12H2,1-4H3/t9-/m1/s1. The van der Waals surface area contributed by atoms with E-state index < -0.39 is 5.60 Å². The molecule has 14 heavy (non-hydrogen) atoms. The van der Waals surface area contributed by atoms with Crippen molar-refractivity contribution < 1.29 is 5.11 Å². The van der Waals surface area contributed by atoms with Crippen molar-refractivity contribution >= 4 is 0 Å². The molecule has 1 rings (SSSR count). The fourth-order valence-corrected chi connectivity index (χ4v) is 2.02. The van der Waals surface area contributed by atoms with Gasteiger partial charge >= 0.3 is 0 Å². The number of piperidine rings is 1. The molecular formula is C11H24N2O. The maximum atomic E-state index is 10.2.